The SMILES string of the molecule is CSCCC(=O)NC(CN)C1CCCCC1.Cl. The van der Waals surface area contributed by atoms with Gasteiger partial charge in [-0.3, -0.25) is 4.79 Å². The summed E-state index contributed by atoms with van der Waals surface area (Å²) < 4.78 is 0. The van der Waals surface area contributed by atoms with E-state index in [-0.39, 0.29) is 24.4 Å². The Hall–Kier alpha value is 0.0700. The van der Waals surface area contributed by atoms with Crippen LogP contribution >= 0.6 is 24.2 Å². The van der Waals surface area contributed by atoms with Crippen molar-refractivity contribution in [2.24, 2.45) is 11.7 Å². The highest BCUT2D eigenvalue weighted by atomic mass is 35.5. The van der Waals surface area contributed by atoms with E-state index >= 15 is 0 Å². The van der Waals surface area contributed by atoms with Crippen molar-refractivity contribution in [1.82, 2.24) is 5.32 Å². The number of thioether (sulfide) groups is 1. The molecule has 0 aromatic heterocycles. The summed E-state index contributed by atoms with van der Waals surface area (Å²) in [6, 6.07) is 0.203. The maximum Gasteiger partial charge on any atom is 0.221 e. The first-order chi connectivity index (χ1) is 7.77. The zero-order valence-electron chi connectivity index (χ0n) is 10.6. The van der Waals surface area contributed by atoms with Gasteiger partial charge in [-0.25, -0.2) is 0 Å². The Morgan fingerprint density at radius 1 is 1.41 bits per heavy atom. The summed E-state index contributed by atoms with van der Waals surface area (Å²) in [5.41, 5.74) is 5.76. The molecule has 0 aromatic carbocycles. The zero-order valence-corrected chi connectivity index (χ0v) is 12.2. The van der Waals surface area contributed by atoms with Gasteiger partial charge in [0, 0.05) is 24.8 Å². The molecule has 3 N–H and O–H groups in total. The van der Waals surface area contributed by atoms with E-state index in [0.29, 0.717) is 18.9 Å². The number of amides is 1. The van der Waals surface area contributed by atoms with Crippen LogP contribution in [-0.2, 0) is 4.79 Å². The fraction of sp³-hybridized carbons (Fsp3) is 0.917. The van der Waals surface area contributed by atoms with Gasteiger partial charge in [0.05, 0.1) is 0 Å². The number of carbonyl (C=O) groups is 1. The van der Waals surface area contributed by atoms with E-state index in [1.54, 1.807) is 11.8 Å². The maximum absolute atomic E-state index is 11.6. The molecule has 1 unspecified atom stereocenters. The van der Waals surface area contributed by atoms with Crippen LogP contribution in [0.1, 0.15) is 38.5 Å². The van der Waals surface area contributed by atoms with Gasteiger partial charge < -0.3 is 11.1 Å². The topological polar surface area (TPSA) is 55.1 Å². The Kier molecular flexibility index (Phi) is 10.1. The van der Waals surface area contributed by atoms with E-state index in [1.165, 1.54) is 32.1 Å². The quantitative estimate of drug-likeness (QED) is 0.784. The summed E-state index contributed by atoms with van der Waals surface area (Å²) in [6.45, 7) is 0.579. The van der Waals surface area contributed by atoms with Gasteiger partial charge >= 0.3 is 0 Å². The normalized spacial score (nSPS) is 18.2. The van der Waals surface area contributed by atoms with Crippen molar-refractivity contribution in [2.45, 2.75) is 44.6 Å². The van der Waals surface area contributed by atoms with E-state index in [9.17, 15) is 4.79 Å². The van der Waals surface area contributed by atoms with Crippen LogP contribution in [0.4, 0.5) is 0 Å². The number of halogens is 1. The molecule has 0 heterocycles. The Balaban J connectivity index is 0.00000256. The first-order valence-electron chi connectivity index (χ1n) is 6.26. The maximum atomic E-state index is 11.6. The molecular formula is C12H25ClN2OS. The lowest BCUT2D eigenvalue weighted by Crippen LogP contribution is -2.46. The third kappa shape index (κ3) is 6.53. The highest BCUT2D eigenvalue weighted by Gasteiger charge is 2.23. The van der Waals surface area contributed by atoms with Crippen LogP contribution in [0.25, 0.3) is 0 Å². The minimum atomic E-state index is 0. The zero-order chi connectivity index (χ0) is 11.8. The van der Waals surface area contributed by atoms with Crippen LogP contribution in [0, 0.1) is 5.92 Å². The fourth-order valence-corrected chi connectivity index (χ4v) is 2.77. The molecule has 0 aliphatic heterocycles. The largest absolute Gasteiger partial charge is 0.352 e. The number of rotatable bonds is 6. The smallest absolute Gasteiger partial charge is 0.221 e. The van der Waals surface area contributed by atoms with Crippen LogP contribution < -0.4 is 11.1 Å². The van der Waals surface area contributed by atoms with Gasteiger partial charge in [0.1, 0.15) is 0 Å². The van der Waals surface area contributed by atoms with Crippen molar-refractivity contribution in [3.8, 4) is 0 Å². The van der Waals surface area contributed by atoms with Gasteiger partial charge in [0.25, 0.3) is 0 Å². The molecule has 1 aliphatic rings. The van der Waals surface area contributed by atoms with Crippen molar-refractivity contribution < 1.29 is 4.79 Å². The van der Waals surface area contributed by atoms with E-state index in [2.05, 4.69) is 5.32 Å². The summed E-state index contributed by atoms with van der Waals surface area (Å²) in [6.07, 6.45) is 9.02. The summed E-state index contributed by atoms with van der Waals surface area (Å²) in [5.74, 6) is 1.67. The van der Waals surface area contributed by atoms with Gasteiger partial charge in [-0.15, -0.1) is 12.4 Å². The lowest BCUT2D eigenvalue weighted by Gasteiger charge is -2.30. The van der Waals surface area contributed by atoms with Crippen LogP contribution in [0.15, 0.2) is 0 Å². The van der Waals surface area contributed by atoms with E-state index < -0.39 is 0 Å². The molecule has 0 bridgehead atoms. The molecule has 1 aliphatic carbocycles. The van der Waals surface area contributed by atoms with Gasteiger partial charge in [0.15, 0.2) is 0 Å². The Labute approximate surface area is 115 Å². The fourth-order valence-electron chi connectivity index (χ4n) is 2.38. The number of hydrogen-bond acceptors (Lipinski definition) is 3. The van der Waals surface area contributed by atoms with Gasteiger partial charge in [-0.05, 0) is 25.0 Å². The Morgan fingerprint density at radius 3 is 2.59 bits per heavy atom. The summed E-state index contributed by atoms with van der Waals surface area (Å²) in [7, 11) is 0. The molecule has 1 amide bonds. The van der Waals surface area contributed by atoms with Crippen LogP contribution in [0.5, 0.6) is 0 Å². The predicted octanol–water partition coefficient (Wildman–Crippen LogP) is 2.19. The molecule has 0 spiro atoms. The highest BCUT2D eigenvalue weighted by Crippen LogP contribution is 2.26. The van der Waals surface area contributed by atoms with Crippen LogP contribution in [0.2, 0.25) is 0 Å². The molecule has 17 heavy (non-hydrogen) atoms. The third-order valence-electron chi connectivity index (χ3n) is 3.35. The second kappa shape index (κ2) is 10.0. The second-order valence-corrected chi connectivity index (χ2v) is 5.54. The summed E-state index contributed by atoms with van der Waals surface area (Å²) in [4.78, 5) is 11.6. The average Bonchev–Trinajstić information content (AvgIpc) is 2.34. The molecule has 102 valence electrons. The number of nitrogens with two attached hydrogens (primary N) is 1. The second-order valence-electron chi connectivity index (χ2n) is 4.55. The van der Waals surface area contributed by atoms with Crippen molar-refractivity contribution >= 4 is 30.1 Å². The van der Waals surface area contributed by atoms with E-state index in [4.69, 9.17) is 5.73 Å². The standard InChI is InChI=1S/C12H24N2OS.ClH/c1-16-8-7-12(15)14-11(9-13)10-5-3-2-4-6-10;/h10-11H,2-9,13H2,1H3,(H,14,15);1H. The monoisotopic (exact) mass is 280 g/mol. The minimum Gasteiger partial charge on any atom is -0.352 e. The van der Waals surface area contributed by atoms with E-state index in [1.807, 2.05) is 6.26 Å². The van der Waals surface area contributed by atoms with Crippen molar-refractivity contribution in [3.63, 3.8) is 0 Å². The van der Waals surface area contributed by atoms with Gasteiger partial charge in [-0.1, -0.05) is 19.3 Å². The number of hydrogen-bond donors (Lipinski definition) is 2. The lowest BCUT2D eigenvalue weighted by molar-refractivity contribution is -0.121. The molecule has 1 rings (SSSR count). The number of carbonyl (C=O) groups excluding carboxylic acids is 1. The molecule has 0 radical (unpaired) electrons. The molecule has 1 fully saturated rings. The van der Waals surface area contributed by atoms with Crippen molar-refractivity contribution in [3.05, 3.63) is 0 Å². The summed E-state index contributed by atoms with van der Waals surface area (Å²) >= 11 is 1.71. The Bertz CT molecular complexity index is 211. The molecule has 5 heteroatoms. The third-order valence-corrected chi connectivity index (χ3v) is 3.96. The Morgan fingerprint density at radius 2 is 2.06 bits per heavy atom. The first-order valence-corrected chi connectivity index (χ1v) is 7.65. The summed E-state index contributed by atoms with van der Waals surface area (Å²) in [5, 5.41) is 3.09. The van der Waals surface area contributed by atoms with E-state index in [0.717, 1.165) is 5.75 Å². The predicted molar refractivity (Wildman–Crippen MR) is 77.8 cm³/mol. The van der Waals surface area contributed by atoms with Crippen molar-refractivity contribution in [2.75, 3.05) is 18.6 Å². The highest BCUT2D eigenvalue weighted by molar-refractivity contribution is 7.98. The van der Waals surface area contributed by atoms with Crippen LogP contribution in [-0.4, -0.2) is 30.5 Å². The van der Waals surface area contributed by atoms with Gasteiger partial charge in [0.2, 0.25) is 5.91 Å². The lowest BCUT2D eigenvalue weighted by atomic mass is 9.84. The van der Waals surface area contributed by atoms with Crippen molar-refractivity contribution in [1.29, 1.82) is 0 Å². The minimum absolute atomic E-state index is 0. The van der Waals surface area contributed by atoms with Crippen LogP contribution in [0.3, 0.4) is 0 Å². The molecule has 1 saturated carbocycles. The molecule has 3 nitrogen and oxygen atoms in total. The first kappa shape index (κ1) is 17.1. The average molecular weight is 281 g/mol. The molecule has 0 aromatic rings. The van der Waals surface area contributed by atoms with Gasteiger partial charge in [-0.2, -0.15) is 11.8 Å². The molecule has 1 atom stereocenters. The molecular weight excluding hydrogens is 256 g/mol. The molecule has 0 saturated heterocycles. The number of nitrogens with one attached hydrogen (secondary N) is 1.